The number of halogens is 1. The molecule has 1 aromatic rings. The number of aliphatic hydroxyl groups is 1. The van der Waals surface area contributed by atoms with E-state index >= 15 is 0 Å². The van der Waals surface area contributed by atoms with Crippen molar-refractivity contribution in [3.05, 3.63) is 35.9 Å². The largest absolute Gasteiger partial charge is 0.388 e. The van der Waals surface area contributed by atoms with E-state index in [0.29, 0.717) is 31.9 Å². The molecule has 0 aliphatic carbocycles. The van der Waals surface area contributed by atoms with Crippen LogP contribution in [0, 0.1) is 0 Å². The van der Waals surface area contributed by atoms with Gasteiger partial charge in [-0.3, -0.25) is 4.99 Å². The maximum absolute atomic E-state index is 12.2. The van der Waals surface area contributed by atoms with Crippen LogP contribution in [0.4, 0.5) is 0 Å². The average Bonchev–Trinajstić information content (AvgIpc) is 2.66. The highest BCUT2D eigenvalue weighted by molar-refractivity contribution is 14.0. The van der Waals surface area contributed by atoms with Crippen LogP contribution in [0.3, 0.4) is 0 Å². The van der Waals surface area contributed by atoms with Crippen molar-refractivity contribution in [1.29, 1.82) is 0 Å². The fourth-order valence-corrected chi connectivity index (χ4v) is 3.85. The Morgan fingerprint density at radius 1 is 1.07 bits per heavy atom. The van der Waals surface area contributed by atoms with Crippen molar-refractivity contribution in [1.82, 2.24) is 15.4 Å². The number of sulfonamides is 1. The van der Waals surface area contributed by atoms with Gasteiger partial charge in [-0.2, -0.15) is 0 Å². The molecule has 1 rings (SSSR count). The van der Waals surface area contributed by atoms with Crippen molar-refractivity contribution in [2.24, 2.45) is 4.99 Å². The van der Waals surface area contributed by atoms with E-state index in [1.807, 2.05) is 51.1 Å². The van der Waals surface area contributed by atoms with Gasteiger partial charge in [-0.25, -0.2) is 13.1 Å². The molecule has 0 aromatic heterocycles. The quantitative estimate of drug-likeness (QED) is 0.175. The third-order valence-corrected chi connectivity index (χ3v) is 5.63. The van der Waals surface area contributed by atoms with Gasteiger partial charge >= 0.3 is 0 Å². The highest BCUT2D eigenvalue weighted by Gasteiger charge is 2.24. The lowest BCUT2D eigenvalue weighted by Gasteiger charge is -2.26. The standard InChI is InChI=1S/C20H36N4O3S.HI/c1-4-12-20(25,13-5-2)17-23-19(21-6-3)22-14-15-28(26,27)24-16-18-10-8-7-9-11-18;/h7-11,24-25H,4-6,12-17H2,1-3H3,(H2,21,22,23);1H. The summed E-state index contributed by atoms with van der Waals surface area (Å²) in [5.74, 6) is 0.463. The van der Waals surface area contributed by atoms with Crippen LogP contribution in [0.25, 0.3) is 0 Å². The summed E-state index contributed by atoms with van der Waals surface area (Å²) in [5.41, 5.74) is 0.106. The first-order valence-corrected chi connectivity index (χ1v) is 11.7. The van der Waals surface area contributed by atoms with Crippen LogP contribution >= 0.6 is 24.0 Å². The molecule has 0 heterocycles. The molecule has 0 unspecified atom stereocenters. The molecule has 9 heteroatoms. The topological polar surface area (TPSA) is 103 Å². The highest BCUT2D eigenvalue weighted by Crippen LogP contribution is 2.19. The van der Waals surface area contributed by atoms with Crippen LogP contribution in [0.2, 0.25) is 0 Å². The van der Waals surface area contributed by atoms with Crippen LogP contribution < -0.4 is 15.4 Å². The van der Waals surface area contributed by atoms with Gasteiger partial charge in [0.25, 0.3) is 0 Å². The summed E-state index contributed by atoms with van der Waals surface area (Å²) in [4.78, 5) is 4.47. The molecule has 0 radical (unpaired) electrons. The zero-order valence-electron chi connectivity index (χ0n) is 17.8. The minimum Gasteiger partial charge on any atom is -0.388 e. The normalized spacial score (nSPS) is 12.3. The molecule has 0 spiro atoms. The van der Waals surface area contributed by atoms with Crippen molar-refractivity contribution in [3.63, 3.8) is 0 Å². The molecule has 1 aromatic carbocycles. The number of nitrogens with one attached hydrogen (secondary N) is 3. The predicted octanol–water partition coefficient (Wildman–Crippen LogP) is 2.61. The number of hydrogen-bond acceptors (Lipinski definition) is 4. The van der Waals surface area contributed by atoms with Gasteiger partial charge < -0.3 is 15.7 Å². The minimum atomic E-state index is -3.40. The van der Waals surface area contributed by atoms with Gasteiger partial charge in [-0.1, -0.05) is 57.0 Å². The van der Waals surface area contributed by atoms with Gasteiger partial charge in [0.15, 0.2) is 5.96 Å². The Kier molecular flexibility index (Phi) is 14.5. The fraction of sp³-hybridized carbons (Fsp3) is 0.650. The zero-order valence-corrected chi connectivity index (χ0v) is 20.9. The van der Waals surface area contributed by atoms with E-state index in [-0.39, 0.29) is 42.8 Å². The fourth-order valence-electron chi connectivity index (χ4n) is 2.95. The molecule has 0 saturated carbocycles. The molecule has 168 valence electrons. The van der Waals surface area contributed by atoms with Gasteiger partial charge in [0.05, 0.1) is 17.9 Å². The molecule has 4 N–H and O–H groups in total. The maximum Gasteiger partial charge on any atom is 0.213 e. The maximum atomic E-state index is 12.2. The lowest BCUT2D eigenvalue weighted by atomic mass is 9.93. The second-order valence-corrected chi connectivity index (χ2v) is 8.90. The molecule has 0 bridgehead atoms. The van der Waals surface area contributed by atoms with Crippen LogP contribution in [-0.2, 0) is 16.6 Å². The van der Waals surface area contributed by atoms with Crippen LogP contribution in [0.1, 0.15) is 52.0 Å². The van der Waals surface area contributed by atoms with Crippen molar-refractivity contribution in [2.75, 3.05) is 25.4 Å². The van der Waals surface area contributed by atoms with E-state index in [9.17, 15) is 13.5 Å². The number of guanidine groups is 1. The number of nitrogens with zero attached hydrogens (tertiary/aromatic N) is 1. The molecular weight excluding hydrogens is 503 g/mol. The van der Waals surface area contributed by atoms with Crippen molar-refractivity contribution in [3.8, 4) is 0 Å². The second kappa shape index (κ2) is 15.0. The zero-order chi connectivity index (χ0) is 20.9. The first-order chi connectivity index (χ1) is 13.3. The van der Waals surface area contributed by atoms with E-state index in [0.717, 1.165) is 18.4 Å². The Labute approximate surface area is 193 Å². The number of benzene rings is 1. The van der Waals surface area contributed by atoms with Gasteiger partial charge in [0, 0.05) is 19.6 Å². The van der Waals surface area contributed by atoms with E-state index in [1.165, 1.54) is 0 Å². The summed E-state index contributed by atoms with van der Waals surface area (Å²) in [5, 5.41) is 16.8. The van der Waals surface area contributed by atoms with Crippen LogP contribution in [0.5, 0.6) is 0 Å². The number of aliphatic imine (C=N–C) groups is 1. The molecule has 0 aliphatic rings. The lowest BCUT2D eigenvalue weighted by Crippen LogP contribution is -2.42. The first-order valence-electron chi connectivity index (χ1n) is 10.1. The van der Waals surface area contributed by atoms with E-state index in [4.69, 9.17) is 0 Å². The summed E-state index contributed by atoms with van der Waals surface area (Å²) in [6.45, 7) is 7.49. The predicted molar refractivity (Wildman–Crippen MR) is 131 cm³/mol. The summed E-state index contributed by atoms with van der Waals surface area (Å²) >= 11 is 0. The Hall–Kier alpha value is -0.910. The van der Waals surface area contributed by atoms with Crippen molar-refractivity contribution >= 4 is 40.0 Å². The Bertz CT molecular complexity index is 678. The van der Waals surface area contributed by atoms with Gasteiger partial charge in [0.1, 0.15) is 0 Å². The summed E-state index contributed by atoms with van der Waals surface area (Å²) in [6, 6.07) is 9.41. The molecule has 0 saturated heterocycles. The van der Waals surface area contributed by atoms with Crippen molar-refractivity contribution in [2.45, 2.75) is 58.6 Å². The molecule has 0 amide bonds. The highest BCUT2D eigenvalue weighted by atomic mass is 127. The lowest BCUT2D eigenvalue weighted by molar-refractivity contribution is 0.0306. The smallest absolute Gasteiger partial charge is 0.213 e. The molecule has 29 heavy (non-hydrogen) atoms. The van der Waals surface area contributed by atoms with Gasteiger partial charge in [-0.05, 0) is 25.3 Å². The third kappa shape index (κ3) is 12.4. The Morgan fingerprint density at radius 3 is 2.24 bits per heavy atom. The minimum absolute atomic E-state index is 0. The molecule has 0 aliphatic heterocycles. The molecule has 0 fully saturated rings. The monoisotopic (exact) mass is 540 g/mol. The summed E-state index contributed by atoms with van der Waals surface area (Å²) in [6.07, 6.45) is 3.17. The Balaban J connectivity index is 0.00000784. The SMILES string of the molecule is CCCC(O)(CCC)CN=C(NCC)NCCS(=O)(=O)NCc1ccccc1.I. The van der Waals surface area contributed by atoms with Gasteiger partial charge in [-0.15, -0.1) is 24.0 Å². The summed E-state index contributed by atoms with van der Waals surface area (Å²) in [7, 11) is -3.40. The van der Waals surface area contributed by atoms with E-state index in [2.05, 4.69) is 20.3 Å². The van der Waals surface area contributed by atoms with Crippen LogP contribution in [0.15, 0.2) is 35.3 Å². The number of hydrogen-bond donors (Lipinski definition) is 4. The first kappa shape index (κ1) is 28.1. The second-order valence-electron chi connectivity index (χ2n) is 6.97. The third-order valence-electron chi connectivity index (χ3n) is 4.31. The van der Waals surface area contributed by atoms with Crippen LogP contribution in [-0.4, -0.2) is 50.5 Å². The van der Waals surface area contributed by atoms with E-state index in [1.54, 1.807) is 0 Å². The molecular formula is C20H37IN4O3S. The van der Waals surface area contributed by atoms with E-state index < -0.39 is 15.6 Å². The van der Waals surface area contributed by atoms with Gasteiger partial charge in [0.2, 0.25) is 10.0 Å². The average molecular weight is 541 g/mol. The number of rotatable bonds is 13. The molecule has 0 atom stereocenters. The van der Waals surface area contributed by atoms with Crippen molar-refractivity contribution < 1.29 is 13.5 Å². The Morgan fingerprint density at radius 2 is 1.69 bits per heavy atom. The molecule has 7 nitrogen and oxygen atoms in total. The summed E-state index contributed by atoms with van der Waals surface area (Å²) < 4.78 is 27.0.